The van der Waals surface area contributed by atoms with Crippen LogP contribution in [0.25, 0.3) is 11.0 Å². The molecule has 3 aromatic rings. The van der Waals surface area contributed by atoms with Crippen LogP contribution in [0.2, 0.25) is 0 Å². The molecule has 4 rings (SSSR count). The van der Waals surface area contributed by atoms with Crippen LogP contribution in [0.1, 0.15) is 49.5 Å². The van der Waals surface area contributed by atoms with Gasteiger partial charge in [0.1, 0.15) is 17.8 Å². The maximum absolute atomic E-state index is 12.5. The van der Waals surface area contributed by atoms with Gasteiger partial charge in [-0.1, -0.05) is 32.9 Å². The highest BCUT2D eigenvalue weighted by Gasteiger charge is 2.24. The van der Waals surface area contributed by atoms with Gasteiger partial charge in [-0.15, -0.1) is 0 Å². The van der Waals surface area contributed by atoms with E-state index in [1.165, 1.54) is 0 Å². The van der Waals surface area contributed by atoms with Crippen LogP contribution in [0.15, 0.2) is 42.9 Å². The molecule has 1 saturated heterocycles. The van der Waals surface area contributed by atoms with Gasteiger partial charge < -0.3 is 20.5 Å². The SMILES string of the molecule is CC(C)(C)c1ccc(C(=O)NCC(=O)NC2CCCN(c3ncnc4[nH]ccc34)C2)cc1. The molecule has 8 heteroatoms. The van der Waals surface area contributed by atoms with E-state index < -0.39 is 0 Å². The first-order valence-electron chi connectivity index (χ1n) is 11.0. The first-order chi connectivity index (χ1) is 15.3. The summed E-state index contributed by atoms with van der Waals surface area (Å²) in [6, 6.07) is 9.49. The number of H-pyrrole nitrogens is 1. The Balaban J connectivity index is 1.30. The molecule has 1 aliphatic heterocycles. The molecule has 0 bridgehead atoms. The number of anilines is 1. The van der Waals surface area contributed by atoms with E-state index in [0.717, 1.165) is 41.8 Å². The van der Waals surface area contributed by atoms with Crippen molar-refractivity contribution in [1.82, 2.24) is 25.6 Å². The van der Waals surface area contributed by atoms with Crippen molar-refractivity contribution in [3.63, 3.8) is 0 Å². The van der Waals surface area contributed by atoms with Crippen LogP contribution >= 0.6 is 0 Å². The lowest BCUT2D eigenvalue weighted by molar-refractivity contribution is -0.120. The Morgan fingerprint density at radius 1 is 1.16 bits per heavy atom. The Morgan fingerprint density at radius 2 is 1.94 bits per heavy atom. The number of hydrogen-bond acceptors (Lipinski definition) is 5. The summed E-state index contributed by atoms with van der Waals surface area (Å²) < 4.78 is 0. The third-order valence-corrected chi connectivity index (χ3v) is 5.84. The van der Waals surface area contributed by atoms with Gasteiger partial charge >= 0.3 is 0 Å². The number of aromatic nitrogens is 3. The van der Waals surface area contributed by atoms with E-state index in [9.17, 15) is 9.59 Å². The molecule has 0 saturated carbocycles. The van der Waals surface area contributed by atoms with Gasteiger partial charge in [-0.2, -0.15) is 0 Å². The normalized spacial score (nSPS) is 16.7. The molecule has 1 fully saturated rings. The lowest BCUT2D eigenvalue weighted by atomic mass is 9.87. The molecular weight excluding hydrogens is 404 g/mol. The Kier molecular flexibility index (Phi) is 6.12. The molecule has 1 unspecified atom stereocenters. The minimum Gasteiger partial charge on any atom is -0.354 e. The number of carbonyl (C=O) groups is 2. The van der Waals surface area contributed by atoms with Gasteiger partial charge in [-0.05, 0) is 42.0 Å². The van der Waals surface area contributed by atoms with Crippen LogP contribution in [0.5, 0.6) is 0 Å². The highest BCUT2D eigenvalue weighted by atomic mass is 16.2. The van der Waals surface area contributed by atoms with Crippen molar-refractivity contribution in [2.24, 2.45) is 0 Å². The molecule has 0 spiro atoms. The summed E-state index contributed by atoms with van der Waals surface area (Å²) in [5, 5.41) is 6.75. The van der Waals surface area contributed by atoms with Gasteiger partial charge in [-0.3, -0.25) is 9.59 Å². The smallest absolute Gasteiger partial charge is 0.251 e. The maximum Gasteiger partial charge on any atom is 0.251 e. The van der Waals surface area contributed by atoms with Crippen molar-refractivity contribution in [3.05, 3.63) is 54.0 Å². The number of nitrogens with one attached hydrogen (secondary N) is 3. The predicted molar refractivity (Wildman–Crippen MR) is 125 cm³/mol. The molecule has 1 aliphatic rings. The highest BCUT2D eigenvalue weighted by molar-refractivity contribution is 5.96. The molecule has 2 amide bonds. The molecule has 0 aliphatic carbocycles. The van der Waals surface area contributed by atoms with Crippen molar-refractivity contribution in [2.75, 3.05) is 24.5 Å². The van der Waals surface area contributed by atoms with E-state index in [4.69, 9.17) is 0 Å². The number of rotatable bonds is 5. The zero-order chi connectivity index (χ0) is 22.7. The van der Waals surface area contributed by atoms with Crippen LogP contribution < -0.4 is 15.5 Å². The van der Waals surface area contributed by atoms with Gasteiger partial charge in [0, 0.05) is 30.9 Å². The van der Waals surface area contributed by atoms with Gasteiger partial charge in [0.05, 0.1) is 11.9 Å². The Morgan fingerprint density at radius 3 is 2.69 bits per heavy atom. The fourth-order valence-electron chi connectivity index (χ4n) is 4.06. The summed E-state index contributed by atoms with van der Waals surface area (Å²) in [5.74, 6) is 0.440. The summed E-state index contributed by atoms with van der Waals surface area (Å²) in [7, 11) is 0. The number of aromatic amines is 1. The summed E-state index contributed by atoms with van der Waals surface area (Å²) in [6.07, 6.45) is 5.25. The van der Waals surface area contributed by atoms with Crippen LogP contribution in [0, 0.1) is 0 Å². The summed E-state index contributed by atoms with van der Waals surface area (Å²) in [5.41, 5.74) is 2.55. The third kappa shape index (κ3) is 4.90. The second-order valence-corrected chi connectivity index (χ2v) is 9.30. The van der Waals surface area contributed by atoms with E-state index in [1.807, 2.05) is 24.4 Å². The van der Waals surface area contributed by atoms with E-state index in [2.05, 4.69) is 51.3 Å². The maximum atomic E-state index is 12.5. The van der Waals surface area contributed by atoms with Gasteiger partial charge in [0.15, 0.2) is 0 Å². The Bertz CT molecular complexity index is 1100. The standard InChI is InChI=1S/C24H30N6O2/c1-24(2,3)17-8-6-16(7-9-17)23(32)26-13-20(31)29-18-5-4-12-30(14-18)22-19-10-11-25-21(19)27-15-28-22/h6-11,15,18H,4-5,12-14H2,1-3H3,(H,26,32)(H,29,31)(H,25,27,28). The van der Waals surface area contributed by atoms with E-state index in [-0.39, 0.29) is 29.8 Å². The number of hydrogen-bond donors (Lipinski definition) is 3. The van der Waals surface area contributed by atoms with Crippen molar-refractivity contribution in [1.29, 1.82) is 0 Å². The van der Waals surface area contributed by atoms with Crippen molar-refractivity contribution >= 4 is 28.7 Å². The van der Waals surface area contributed by atoms with E-state index >= 15 is 0 Å². The number of nitrogens with zero attached hydrogens (tertiary/aromatic N) is 3. The molecule has 1 atom stereocenters. The summed E-state index contributed by atoms with van der Waals surface area (Å²) in [6.45, 7) is 7.89. The molecule has 1 aromatic carbocycles. The zero-order valence-corrected chi connectivity index (χ0v) is 18.8. The first-order valence-corrected chi connectivity index (χ1v) is 11.0. The van der Waals surface area contributed by atoms with Crippen molar-refractivity contribution < 1.29 is 9.59 Å². The average molecular weight is 435 g/mol. The van der Waals surface area contributed by atoms with Crippen LogP contribution in [-0.2, 0) is 10.2 Å². The third-order valence-electron chi connectivity index (χ3n) is 5.84. The lowest BCUT2D eigenvalue weighted by Gasteiger charge is -2.34. The minimum absolute atomic E-state index is 0.00294. The molecule has 8 nitrogen and oxygen atoms in total. The molecule has 168 valence electrons. The average Bonchev–Trinajstić information content (AvgIpc) is 3.26. The quantitative estimate of drug-likeness (QED) is 0.573. The molecule has 2 aromatic heterocycles. The molecule has 0 radical (unpaired) electrons. The number of piperidine rings is 1. The zero-order valence-electron chi connectivity index (χ0n) is 18.8. The summed E-state index contributed by atoms with van der Waals surface area (Å²) >= 11 is 0. The summed E-state index contributed by atoms with van der Waals surface area (Å²) in [4.78, 5) is 38.9. The molecular formula is C24H30N6O2. The highest BCUT2D eigenvalue weighted by Crippen LogP contribution is 2.25. The van der Waals surface area contributed by atoms with E-state index in [0.29, 0.717) is 12.1 Å². The van der Waals surface area contributed by atoms with Crippen LogP contribution in [0.3, 0.4) is 0 Å². The minimum atomic E-state index is -0.248. The monoisotopic (exact) mass is 434 g/mol. The second-order valence-electron chi connectivity index (χ2n) is 9.30. The fraction of sp³-hybridized carbons (Fsp3) is 0.417. The number of carbonyl (C=O) groups excluding carboxylic acids is 2. The van der Waals surface area contributed by atoms with Gasteiger partial charge in [-0.25, -0.2) is 9.97 Å². The van der Waals surface area contributed by atoms with Gasteiger partial charge in [0.25, 0.3) is 5.91 Å². The fourth-order valence-corrected chi connectivity index (χ4v) is 4.06. The van der Waals surface area contributed by atoms with Crippen LogP contribution in [-0.4, -0.2) is 52.4 Å². The van der Waals surface area contributed by atoms with Gasteiger partial charge in [0.2, 0.25) is 5.91 Å². The largest absolute Gasteiger partial charge is 0.354 e. The first kappa shape index (κ1) is 21.8. The number of fused-ring (bicyclic) bond motifs is 1. The lowest BCUT2D eigenvalue weighted by Crippen LogP contribution is -2.50. The van der Waals surface area contributed by atoms with Crippen LogP contribution in [0.4, 0.5) is 5.82 Å². The number of benzene rings is 1. The number of amides is 2. The molecule has 3 N–H and O–H groups in total. The van der Waals surface area contributed by atoms with E-state index in [1.54, 1.807) is 18.5 Å². The second kappa shape index (κ2) is 8.98. The topological polar surface area (TPSA) is 103 Å². The predicted octanol–water partition coefficient (Wildman–Crippen LogP) is 2.77. The molecule has 32 heavy (non-hydrogen) atoms. The van der Waals surface area contributed by atoms with Crippen molar-refractivity contribution in [3.8, 4) is 0 Å². The van der Waals surface area contributed by atoms with Crippen molar-refractivity contribution in [2.45, 2.75) is 45.1 Å². The Hall–Kier alpha value is -3.42. The Labute approximate surface area is 187 Å². The molecule has 3 heterocycles.